The molecule has 0 bridgehead atoms. The maximum absolute atomic E-state index is 12.1. The Labute approximate surface area is 167 Å². The zero-order valence-electron chi connectivity index (χ0n) is 17.3. The molecule has 6 atom stereocenters. The number of carbonyl (C=O) groups is 3. The lowest BCUT2D eigenvalue weighted by molar-refractivity contribution is -0.176. The van der Waals surface area contributed by atoms with Crippen LogP contribution in [0.5, 0.6) is 0 Å². The Hall–Kier alpha value is -1.65. The highest BCUT2D eigenvalue weighted by Gasteiger charge is 2.60. The highest BCUT2D eigenvalue weighted by atomic mass is 16.6. The van der Waals surface area contributed by atoms with Crippen LogP contribution >= 0.6 is 0 Å². The second kappa shape index (κ2) is 7.00. The molecule has 154 valence electrons. The lowest BCUT2D eigenvalue weighted by Crippen LogP contribution is -2.51. The van der Waals surface area contributed by atoms with Crippen molar-refractivity contribution in [3.05, 3.63) is 11.6 Å². The van der Waals surface area contributed by atoms with Gasteiger partial charge in [0.1, 0.15) is 6.10 Å². The van der Waals surface area contributed by atoms with E-state index in [9.17, 15) is 14.4 Å². The number of fused-ring (bicyclic) bond motifs is 5. The summed E-state index contributed by atoms with van der Waals surface area (Å²) in [5.74, 6) is 0.303. The summed E-state index contributed by atoms with van der Waals surface area (Å²) in [5.41, 5.74) is 1.46. The van der Waals surface area contributed by atoms with Crippen molar-refractivity contribution in [2.75, 3.05) is 6.61 Å². The van der Waals surface area contributed by atoms with Gasteiger partial charge in [-0.2, -0.15) is 0 Å². The quantitative estimate of drug-likeness (QED) is 0.528. The highest BCUT2D eigenvalue weighted by Crippen LogP contribution is 2.65. The Morgan fingerprint density at radius 1 is 1.04 bits per heavy atom. The van der Waals surface area contributed by atoms with Gasteiger partial charge >= 0.3 is 11.9 Å². The fraction of sp³-hybridized carbons (Fsp3) is 0.783. The van der Waals surface area contributed by atoms with Crippen LogP contribution < -0.4 is 0 Å². The van der Waals surface area contributed by atoms with E-state index in [0.717, 1.165) is 44.9 Å². The number of ether oxygens (including phenoxy) is 2. The van der Waals surface area contributed by atoms with Gasteiger partial charge in [-0.25, -0.2) is 9.59 Å². The molecule has 0 saturated heterocycles. The van der Waals surface area contributed by atoms with Crippen molar-refractivity contribution in [1.29, 1.82) is 0 Å². The minimum atomic E-state index is -0.880. The van der Waals surface area contributed by atoms with Crippen molar-refractivity contribution in [2.24, 2.45) is 28.6 Å². The van der Waals surface area contributed by atoms with Crippen LogP contribution in [0.15, 0.2) is 11.6 Å². The second-order valence-corrected chi connectivity index (χ2v) is 9.71. The molecule has 4 unspecified atom stereocenters. The fourth-order valence-electron chi connectivity index (χ4n) is 7.07. The Morgan fingerprint density at radius 3 is 2.57 bits per heavy atom. The Morgan fingerprint density at radius 2 is 1.82 bits per heavy atom. The molecule has 4 aliphatic carbocycles. The first-order valence-corrected chi connectivity index (χ1v) is 10.9. The smallest absolute Gasteiger partial charge is 0.417 e. The third-order valence-corrected chi connectivity index (χ3v) is 8.57. The topological polar surface area (TPSA) is 69.7 Å². The molecule has 0 amide bonds. The molecule has 0 radical (unpaired) electrons. The molecule has 0 aliphatic heterocycles. The van der Waals surface area contributed by atoms with Crippen LogP contribution in [0.25, 0.3) is 0 Å². The van der Waals surface area contributed by atoms with Gasteiger partial charge in [0.05, 0.1) is 6.61 Å². The van der Waals surface area contributed by atoms with Crippen molar-refractivity contribution in [2.45, 2.75) is 78.2 Å². The van der Waals surface area contributed by atoms with Gasteiger partial charge in [0, 0.05) is 11.8 Å². The summed E-state index contributed by atoms with van der Waals surface area (Å²) >= 11 is 0. The maximum atomic E-state index is 12.1. The van der Waals surface area contributed by atoms with Crippen LogP contribution in [0, 0.1) is 28.6 Å². The van der Waals surface area contributed by atoms with Crippen molar-refractivity contribution in [1.82, 2.24) is 0 Å². The van der Waals surface area contributed by atoms with E-state index < -0.39 is 11.9 Å². The first-order chi connectivity index (χ1) is 13.3. The van der Waals surface area contributed by atoms with E-state index in [1.807, 2.05) is 6.08 Å². The van der Waals surface area contributed by atoms with Crippen molar-refractivity contribution >= 4 is 17.7 Å². The summed E-state index contributed by atoms with van der Waals surface area (Å²) in [6.45, 7) is 6.49. The van der Waals surface area contributed by atoms with Crippen LogP contribution in [0.4, 0.5) is 0 Å². The minimum absolute atomic E-state index is 0.0641. The molecular weight excluding hydrogens is 356 g/mol. The first kappa shape index (κ1) is 19.7. The van der Waals surface area contributed by atoms with Gasteiger partial charge in [-0.3, -0.25) is 4.79 Å². The largest absolute Gasteiger partial charge is 0.458 e. The molecule has 0 spiro atoms. The molecule has 5 nitrogen and oxygen atoms in total. The van der Waals surface area contributed by atoms with Crippen LogP contribution in [-0.4, -0.2) is 30.4 Å². The molecule has 4 rings (SSSR count). The molecule has 4 aliphatic rings. The molecule has 0 N–H and O–H groups in total. The molecule has 5 heteroatoms. The number of rotatable bonds is 2. The van der Waals surface area contributed by atoms with Crippen molar-refractivity contribution in [3.8, 4) is 0 Å². The molecule has 0 aromatic carbocycles. The van der Waals surface area contributed by atoms with Gasteiger partial charge in [0.2, 0.25) is 0 Å². The Balaban J connectivity index is 1.52. The average Bonchev–Trinajstić information content (AvgIpc) is 2.99. The summed E-state index contributed by atoms with van der Waals surface area (Å²) < 4.78 is 10.5. The van der Waals surface area contributed by atoms with Gasteiger partial charge in [-0.05, 0) is 81.1 Å². The van der Waals surface area contributed by atoms with Crippen LogP contribution in [0.2, 0.25) is 0 Å². The summed E-state index contributed by atoms with van der Waals surface area (Å²) in [6.07, 6.45) is 9.51. The SMILES string of the molecule is CCOC(=O)C(=O)OC1CCC2C3CCC4=CC(=O)CC[C@]4(C)C3CC[C@]12C. The first-order valence-electron chi connectivity index (χ1n) is 10.9. The van der Waals surface area contributed by atoms with Gasteiger partial charge in [-0.1, -0.05) is 19.4 Å². The van der Waals surface area contributed by atoms with Crippen molar-refractivity contribution in [3.63, 3.8) is 0 Å². The Bertz CT molecular complexity index is 725. The lowest BCUT2D eigenvalue weighted by atomic mass is 9.47. The fourth-order valence-corrected chi connectivity index (χ4v) is 7.07. The molecule has 3 saturated carbocycles. The number of hydrogen-bond acceptors (Lipinski definition) is 5. The maximum Gasteiger partial charge on any atom is 0.417 e. The van der Waals surface area contributed by atoms with Crippen molar-refractivity contribution < 1.29 is 23.9 Å². The number of esters is 2. The van der Waals surface area contributed by atoms with Gasteiger partial charge in [0.25, 0.3) is 0 Å². The zero-order valence-corrected chi connectivity index (χ0v) is 17.3. The van der Waals surface area contributed by atoms with E-state index in [0.29, 0.717) is 30.0 Å². The summed E-state index contributed by atoms with van der Waals surface area (Å²) in [7, 11) is 0. The average molecular weight is 389 g/mol. The third-order valence-electron chi connectivity index (χ3n) is 8.57. The monoisotopic (exact) mass is 388 g/mol. The molecule has 0 aromatic heterocycles. The molecule has 3 fully saturated rings. The second-order valence-electron chi connectivity index (χ2n) is 9.71. The number of allylic oxidation sites excluding steroid dienone is 1. The molecule has 0 heterocycles. The highest BCUT2D eigenvalue weighted by molar-refractivity contribution is 6.29. The predicted molar refractivity (Wildman–Crippen MR) is 103 cm³/mol. The van der Waals surface area contributed by atoms with E-state index in [-0.39, 0.29) is 23.5 Å². The summed E-state index contributed by atoms with van der Waals surface area (Å²) in [6, 6.07) is 0. The minimum Gasteiger partial charge on any atom is -0.458 e. The number of hydrogen-bond donors (Lipinski definition) is 0. The van der Waals surface area contributed by atoms with Crippen LogP contribution in [-0.2, 0) is 23.9 Å². The van der Waals surface area contributed by atoms with E-state index in [4.69, 9.17) is 9.47 Å². The lowest BCUT2D eigenvalue weighted by Gasteiger charge is -2.57. The van der Waals surface area contributed by atoms with E-state index >= 15 is 0 Å². The molecule has 28 heavy (non-hydrogen) atoms. The number of carbonyl (C=O) groups excluding carboxylic acids is 3. The zero-order chi connectivity index (χ0) is 20.1. The van der Waals surface area contributed by atoms with E-state index in [1.54, 1.807) is 6.92 Å². The third kappa shape index (κ3) is 2.93. The van der Waals surface area contributed by atoms with Crippen LogP contribution in [0.1, 0.15) is 72.1 Å². The predicted octanol–water partition coefficient (Wildman–Crippen LogP) is 3.99. The molecular formula is C23H32O5. The van der Waals surface area contributed by atoms with Gasteiger partial charge < -0.3 is 9.47 Å². The van der Waals surface area contributed by atoms with Gasteiger partial charge in [0.15, 0.2) is 5.78 Å². The Kier molecular flexibility index (Phi) is 4.91. The normalized spacial score (nSPS) is 42.0. The summed E-state index contributed by atoms with van der Waals surface area (Å²) in [5, 5.41) is 0. The van der Waals surface area contributed by atoms with Gasteiger partial charge in [-0.15, -0.1) is 0 Å². The van der Waals surface area contributed by atoms with E-state index in [1.165, 1.54) is 5.57 Å². The molecule has 0 aromatic rings. The van der Waals surface area contributed by atoms with Crippen LogP contribution in [0.3, 0.4) is 0 Å². The summed E-state index contributed by atoms with van der Waals surface area (Å²) in [4.78, 5) is 35.8. The standard InChI is InChI=1S/C23H32O5/c1-4-27-20(25)21(26)28-19-8-7-17-16-6-5-14-13-15(24)9-11-22(14,2)18(16)10-12-23(17,19)3/h13,16-19H,4-12H2,1-3H3/t16?,17?,18?,19?,22-,23-/m0/s1. The van der Waals surface area contributed by atoms with E-state index in [2.05, 4.69) is 13.8 Å². The number of ketones is 1.